The number of hydrogen-bond acceptors (Lipinski definition) is 17. The molecule has 0 unspecified atom stereocenters. The van der Waals surface area contributed by atoms with Gasteiger partial charge >= 0.3 is 5.97 Å². The van der Waals surface area contributed by atoms with E-state index in [-0.39, 0.29) is 37.3 Å². The number of ketones is 1. The Balaban J connectivity index is 1.39. The predicted octanol–water partition coefficient (Wildman–Crippen LogP) is 4.75. The first-order chi connectivity index (χ1) is 31.6. The van der Waals surface area contributed by atoms with Crippen molar-refractivity contribution in [3.8, 4) is 0 Å². The van der Waals surface area contributed by atoms with Gasteiger partial charge in [-0.15, -0.1) is 5.10 Å². The highest BCUT2D eigenvalue weighted by Gasteiger charge is 2.52. The smallest absolute Gasteiger partial charge is 0.316 e. The van der Waals surface area contributed by atoms with Gasteiger partial charge in [-0.25, -0.2) is 4.68 Å². The number of aliphatic hydroxyl groups excluding tert-OH is 3. The molecule has 3 aliphatic rings. The van der Waals surface area contributed by atoms with Gasteiger partial charge in [0.15, 0.2) is 12.1 Å². The Morgan fingerprint density at radius 1 is 1.06 bits per heavy atom. The van der Waals surface area contributed by atoms with Crippen molar-refractivity contribution in [2.75, 3.05) is 27.3 Å². The number of aliphatic hydroxyl groups is 4. The first-order valence-corrected chi connectivity index (χ1v) is 24.0. The van der Waals surface area contributed by atoms with Crippen LogP contribution in [0.5, 0.6) is 0 Å². The molecule has 2 aliphatic heterocycles. The van der Waals surface area contributed by atoms with Crippen LogP contribution in [0.1, 0.15) is 124 Å². The largest absolute Gasteiger partial charge is 0.459 e. The van der Waals surface area contributed by atoms with E-state index in [0.717, 1.165) is 37.7 Å². The molecule has 19 heteroatoms. The van der Waals surface area contributed by atoms with Crippen LogP contribution < -0.4 is 0 Å². The monoisotopic (exact) mass is 945 g/mol. The number of cyclic esters (lactones) is 1. The van der Waals surface area contributed by atoms with E-state index in [1.54, 1.807) is 50.7 Å². The Bertz CT molecular complexity index is 1960. The van der Waals surface area contributed by atoms with Gasteiger partial charge < -0.3 is 49.1 Å². The Morgan fingerprint density at radius 2 is 1.73 bits per heavy atom. The van der Waals surface area contributed by atoms with E-state index in [4.69, 9.17) is 28.9 Å². The van der Waals surface area contributed by atoms with E-state index in [1.807, 2.05) is 25.8 Å². The lowest BCUT2D eigenvalue weighted by atomic mass is 9.74. The number of methoxy groups -OCH3 is 1. The minimum absolute atomic E-state index is 0.0183. The molecule has 1 aliphatic carbocycles. The third-order valence-corrected chi connectivity index (χ3v) is 14.6. The van der Waals surface area contributed by atoms with E-state index >= 15 is 0 Å². The number of Topliss-reactive ketones (excluding diaryl/α,β-unsaturated/α-hetero) is 1. The van der Waals surface area contributed by atoms with Gasteiger partial charge in [-0.05, 0) is 91.7 Å². The molecule has 1 aromatic carbocycles. The topological polar surface area (TPSA) is 251 Å². The second kappa shape index (κ2) is 23.6. The van der Waals surface area contributed by atoms with Crippen LogP contribution in [-0.4, -0.2) is 150 Å². The summed E-state index contributed by atoms with van der Waals surface area (Å²) < 4.78 is 26.9. The zero-order valence-corrected chi connectivity index (χ0v) is 41.0. The van der Waals surface area contributed by atoms with E-state index < -0.39 is 94.3 Å². The molecular weight excluding hydrogens is 869 g/mol. The molecule has 67 heavy (non-hydrogen) atoms. The van der Waals surface area contributed by atoms with Crippen molar-refractivity contribution in [2.24, 2.45) is 28.8 Å². The quantitative estimate of drug-likeness (QED) is 0.0814. The standard InChI is InChI=1S/C48H76N6O13/c1-11-39-48(8,60)43(58)30(4)40(50-67-37-15-13-12-14-16-37)28(2)25-47(7,63-10)44(31(5)41(56)32(6)45(59)65-39)66-46-42(57)38(23-29(3)64-46)52(9)22-21-34-26-53(51-49-34)36(27-55)24-33-17-19-35(20-18-33)54(61)62/h17-20,26,28-32,36-39,42-44,46,55,57-58,60H,11-16,21-25,27H2,1-10H3/b50-40+/t28-,29-,30+,31+,32-,36+,38+,39-,42-,43-,44-,46+,47-,48-/m1/s1. The van der Waals surface area contributed by atoms with Crippen molar-refractivity contribution < 1.29 is 58.7 Å². The Hall–Kier alpha value is -3.95. The number of nitro benzene ring substituents is 1. The molecule has 4 N–H and O–H groups in total. The van der Waals surface area contributed by atoms with E-state index in [1.165, 1.54) is 33.1 Å². The molecule has 19 nitrogen and oxygen atoms in total. The molecule has 1 saturated carbocycles. The summed E-state index contributed by atoms with van der Waals surface area (Å²) in [5.41, 5.74) is -1.30. The number of nitrogens with zero attached hydrogens (tertiary/aromatic N) is 6. The van der Waals surface area contributed by atoms with E-state index in [9.17, 15) is 40.1 Å². The van der Waals surface area contributed by atoms with Crippen molar-refractivity contribution in [2.45, 2.75) is 186 Å². The summed E-state index contributed by atoms with van der Waals surface area (Å²) in [6, 6.07) is 5.25. The average Bonchev–Trinajstić information content (AvgIpc) is 3.79. The minimum atomic E-state index is -1.92. The second-order valence-corrected chi connectivity index (χ2v) is 19.8. The fourth-order valence-corrected chi connectivity index (χ4v) is 10.2. The molecule has 376 valence electrons. The van der Waals surface area contributed by atoms with E-state index in [2.05, 4.69) is 10.3 Å². The number of non-ortho nitro benzene ring substituents is 1. The third-order valence-electron chi connectivity index (χ3n) is 14.6. The molecule has 0 radical (unpaired) electrons. The van der Waals surface area contributed by atoms with Gasteiger partial charge in [-0.1, -0.05) is 56.6 Å². The van der Waals surface area contributed by atoms with Crippen LogP contribution in [0.15, 0.2) is 35.6 Å². The van der Waals surface area contributed by atoms with Crippen LogP contribution in [0, 0.1) is 33.8 Å². The lowest BCUT2D eigenvalue weighted by molar-refractivity contribution is -0.384. The minimum Gasteiger partial charge on any atom is -0.459 e. The van der Waals surface area contributed by atoms with Crippen LogP contribution in [0.25, 0.3) is 0 Å². The van der Waals surface area contributed by atoms with Crippen LogP contribution in [0.3, 0.4) is 0 Å². The lowest BCUT2D eigenvalue weighted by Gasteiger charge is -2.47. The summed E-state index contributed by atoms with van der Waals surface area (Å²) in [7, 11) is 3.39. The number of hydrogen-bond donors (Lipinski definition) is 4. The Kier molecular flexibility index (Phi) is 19.0. The number of likely N-dealkylation sites (N-methyl/N-ethyl adjacent to an activating group) is 1. The first kappa shape index (κ1) is 54.0. The zero-order chi connectivity index (χ0) is 49.4. The number of esters is 1. The summed E-state index contributed by atoms with van der Waals surface area (Å²) in [6.07, 6.45) is 1.64. The highest BCUT2D eigenvalue weighted by atomic mass is 16.7. The number of oxime groups is 1. The fraction of sp³-hybridized carbons (Fsp3) is 0.771. The molecule has 14 atom stereocenters. The average molecular weight is 945 g/mol. The molecule has 2 saturated heterocycles. The van der Waals surface area contributed by atoms with Crippen molar-refractivity contribution in [1.82, 2.24) is 19.9 Å². The fourth-order valence-electron chi connectivity index (χ4n) is 10.2. The number of carbonyl (C=O) groups excluding carboxylic acids is 2. The summed E-state index contributed by atoms with van der Waals surface area (Å²) in [6.45, 7) is 13.9. The van der Waals surface area contributed by atoms with Crippen molar-refractivity contribution in [3.63, 3.8) is 0 Å². The number of aromatic nitrogens is 3. The van der Waals surface area contributed by atoms with Crippen molar-refractivity contribution in [1.29, 1.82) is 0 Å². The third kappa shape index (κ3) is 13.0. The molecule has 1 aromatic heterocycles. The summed E-state index contributed by atoms with van der Waals surface area (Å²) >= 11 is 0. The molecule has 3 fully saturated rings. The number of benzene rings is 1. The van der Waals surface area contributed by atoms with Gasteiger partial charge in [-0.2, -0.15) is 0 Å². The Labute approximate surface area is 394 Å². The lowest BCUT2D eigenvalue weighted by Crippen LogP contribution is -2.60. The predicted molar refractivity (Wildman–Crippen MR) is 247 cm³/mol. The number of carbonyl (C=O) groups is 2. The maximum absolute atomic E-state index is 14.5. The molecule has 0 amide bonds. The number of ether oxygens (including phenoxy) is 4. The molecule has 2 aromatic rings. The van der Waals surface area contributed by atoms with Crippen LogP contribution in [0.2, 0.25) is 0 Å². The summed E-state index contributed by atoms with van der Waals surface area (Å²) in [4.78, 5) is 47.0. The van der Waals surface area contributed by atoms with Gasteiger partial charge in [0.2, 0.25) is 0 Å². The highest BCUT2D eigenvalue weighted by molar-refractivity contribution is 6.00. The molecule has 5 rings (SSSR count). The van der Waals surface area contributed by atoms with Crippen LogP contribution >= 0.6 is 0 Å². The first-order valence-electron chi connectivity index (χ1n) is 24.0. The maximum Gasteiger partial charge on any atom is 0.316 e. The van der Waals surface area contributed by atoms with Crippen molar-refractivity contribution >= 4 is 23.2 Å². The molecule has 0 bridgehead atoms. The van der Waals surface area contributed by atoms with Gasteiger partial charge in [0.25, 0.3) is 5.69 Å². The molecule has 0 spiro atoms. The van der Waals surface area contributed by atoms with E-state index in [0.29, 0.717) is 37.2 Å². The maximum atomic E-state index is 14.5. The second-order valence-electron chi connectivity index (χ2n) is 19.8. The number of nitro groups is 1. The van der Waals surface area contributed by atoms with Crippen molar-refractivity contribution in [3.05, 3.63) is 51.8 Å². The molecular formula is C48H76N6O13. The molecule has 3 heterocycles. The Morgan fingerprint density at radius 3 is 2.34 bits per heavy atom. The van der Waals surface area contributed by atoms with Crippen LogP contribution in [-0.2, 0) is 46.2 Å². The van der Waals surface area contributed by atoms with Gasteiger partial charge in [0, 0.05) is 62.2 Å². The SMILES string of the molecule is CC[C@H]1OC(=O)[C@H](C)C(=O)[C@H](C)[C@@H](O[C@@H]2O[C@H](C)C[C@H](N(C)CCc3cn([C@H](CO)Cc4ccc([N+](=O)[O-])cc4)nn3)[C@H]2O)[C@](C)(OC)C[C@@H](C)/C(=N\OC2CCCCC2)[C@H](C)[C@@H](O)[C@]1(C)O. The van der Waals surface area contributed by atoms with Gasteiger partial charge in [0.1, 0.15) is 29.8 Å². The number of rotatable bonds is 15. The normalized spacial score (nSPS) is 35.3. The van der Waals surface area contributed by atoms with Gasteiger partial charge in [-0.3, -0.25) is 19.7 Å². The highest BCUT2D eigenvalue weighted by Crippen LogP contribution is 2.39. The summed E-state index contributed by atoms with van der Waals surface area (Å²) in [5, 5.41) is 70.4. The zero-order valence-electron chi connectivity index (χ0n) is 41.0. The van der Waals surface area contributed by atoms with Gasteiger partial charge in [0.05, 0.1) is 52.9 Å². The van der Waals surface area contributed by atoms with Crippen LogP contribution in [0.4, 0.5) is 5.69 Å². The summed E-state index contributed by atoms with van der Waals surface area (Å²) in [5.74, 6) is -4.89.